The number of aldehydes is 1. The zero-order valence-corrected chi connectivity index (χ0v) is 9.24. The Kier molecular flexibility index (Phi) is 3.10. The second kappa shape index (κ2) is 4.53. The predicted octanol–water partition coefficient (Wildman–Crippen LogP) is 1.65. The number of hydrogen-bond acceptors (Lipinski definition) is 3. The summed E-state index contributed by atoms with van der Waals surface area (Å²) in [6, 6.07) is 5.09. The molecule has 2 rings (SSSR count). The fourth-order valence-electron chi connectivity index (χ4n) is 1.60. The first kappa shape index (κ1) is 11.0. The average Bonchev–Trinajstić information content (AvgIpc) is 2.28. The van der Waals surface area contributed by atoms with E-state index in [1.807, 2.05) is 0 Å². The third-order valence-corrected chi connectivity index (χ3v) is 2.57. The van der Waals surface area contributed by atoms with E-state index >= 15 is 0 Å². The summed E-state index contributed by atoms with van der Waals surface area (Å²) < 4.78 is 5.26. The molecule has 0 spiro atoms. The molecular formula is C11H10ClNO3. The fourth-order valence-corrected chi connectivity index (χ4v) is 1.77. The van der Waals surface area contributed by atoms with E-state index < -0.39 is 0 Å². The Hall–Kier alpha value is -1.55. The van der Waals surface area contributed by atoms with Crippen molar-refractivity contribution in [2.24, 2.45) is 0 Å². The van der Waals surface area contributed by atoms with Crippen molar-refractivity contribution in [3.63, 3.8) is 0 Å². The molecule has 16 heavy (non-hydrogen) atoms. The first-order chi connectivity index (χ1) is 7.72. The van der Waals surface area contributed by atoms with Gasteiger partial charge in [0.2, 0.25) is 0 Å². The molecule has 0 radical (unpaired) electrons. The van der Waals surface area contributed by atoms with Gasteiger partial charge in [-0.25, -0.2) is 0 Å². The third kappa shape index (κ3) is 2.02. The monoisotopic (exact) mass is 239 g/mol. The van der Waals surface area contributed by atoms with E-state index in [1.54, 1.807) is 18.2 Å². The van der Waals surface area contributed by atoms with Gasteiger partial charge in [0.05, 0.1) is 5.69 Å². The Bertz CT molecular complexity index is 433. The van der Waals surface area contributed by atoms with Gasteiger partial charge in [-0.15, -0.1) is 0 Å². The van der Waals surface area contributed by atoms with Crippen LogP contribution >= 0.6 is 11.6 Å². The van der Waals surface area contributed by atoms with Crippen LogP contribution in [-0.4, -0.2) is 25.3 Å². The Morgan fingerprint density at radius 1 is 1.50 bits per heavy atom. The molecule has 0 bridgehead atoms. The Balaban J connectivity index is 2.34. The van der Waals surface area contributed by atoms with Crippen LogP contribution in [0.5, 0.6) is 5.75 Å². The van der Waals surface area contributed by atoms with E-state index in [2.05, 4.69) is 0 Å². The molecular weight excluding hydrogens is 230 g/mol. The number of carbonyl (C=O) groups excluding carboxylic acids is 2. The molecule has 5 heteroatoms. The Labute approximate surface area is 97.7 Å². The second-order valence-corrected chi connectivity index (χ2v) is 3.84. The van der Waals surface area contributed by atoms with Crippen molar-refractivity contribution in [3.8, 4) is 5.75 Å². The van der Waals surface area contributed by atoms with Crippen LogP contribution in [0.15, 0.2) is 18.2 Å². The van der Waals surface area contributed by atoms with Crippen molar-refractivity contribution in [2.75, 3.05) is 18.1 Å². The molecule has 1 aliphatic rings. The molecule has 1 aromatic carbocycles. The highest BCUT2D eigenvalue weighted by Crippen LogP contribution is 2.34. The molecule has 0 unspecified atom stereocenters. The Morgan fingerprint density at radius 3 is 3.06 bits per heavy atom. The largest absolute Gasteiger partial charge is 0.482 e. The summed E-state index contributed by atoms with van der Waals surface area (Å²) in [7, 11) is 0. The van der Waals surface area contributed by atoms with Crippen LogP contribution in [-0.2, 0) is 9.59 Å². The lowest BCUT2D eigenvalue weighted by Gasteiger charge is -2.28. The van der Waals surface area contributed by atoms with Gasteiger partial charge in [0.15, 0.2) is 6.61 Å². The van der Waals surface area contributed by atoms with E-state index in [0.717, 1.165) is 6.29 Å². The standard InChI is InChI=1S/C11H10ClNO3/c12-8-2-3-10-9(6-8)13(4-1-5-14)11(15)7-16-10/h2-3,5-6H,1,4,7H2. The zero-order valence-electron chi connectivity index (χ0n) is 8.48. The van der Waals surface area contributed by atoms with Gasteiger partial charge in [-0.2, -0.15) is 0 Å². The van der Waals surface area contributed by atoms with Crippen LogP contribution < -0.4 is 9.64 Å². The third-order valence-electron chi connectivity index (χ3n) is 2.33. The van der Waals surface area contributed by atoms with Crippen LogP contribution in [0, 0.1) is 0 Å². The highest BCUT2D eigenvalue weighted by molar-refractivity contribution is 6.31. The first-order valence-corrected chi connectivity index (χ1v) is 5.26. The number of halogens is 1. The van der Waals surface area contributed by atoms with Crippen LogP contribution in [0.1, 0.15) is 6.42 Å². The molecule has 0 aliphatic carbocycles. The summed E-state index contributed by atoms with van der Waals surface area (Å²) in [4.78, 5) is 23.5. The minimum Gasteiger partial charge on any atom is -0.482 e. The van der Waals surface area contributed by atoms with Crippen molar-refractivity contribution in [3.05, 3.63) is 23.2 Å². The summed E-state index contributed by atoms with van der Waals surface area (Å²) in [5.41, 5.74) is 0.630. The van der Waals surface area contributed by atoms with Crippen LogP contribution in [0.3, 0.4) is 0 Å². The second-order valence-electron chi connectivity index (χ2n) is 3.40. The highest BCUT2D eigenvalue weighted by Gasteiger charge is 2.24. The summed E-state index contributed by atoms with van der Waals surface area (Å²) in [5.74, 6) is 0.464. The molecule has 0 N–H and O–H groups in total. The quantitative estimate of drug-likeness (QED) is 0.754. The van der Waals surface area contributed by atoms with Gasteiger partial charge in [-0.05, 0) is 18.2 Å². The van der Waals surface area contributed by atoms with Gasteiger partial charge < -0.3 is 14.4 Å². The number of amides is 1. The predicted molar refractivity (Wildman–Crippen MR) is 60.0 cm³/mol. The van der Waals surface area contributed by atoms with Crippen LogP contribution in [0.4, 0.5) is 5.69 Å². The van der Waals surface area contributed by atoms with E-state index in [-0.39, 0.29) is 12.5 Å². The lowest BCUT2D eigenvalue weighted by atomic mass is 10.2. The van der Waals surface area contributed by atoms with E-state index in [1.165, 1.54) is 4.90 Å². The van der Waals surface area contributed by atoms with Gasteiger partial charge in [0.25, 0.3) is 5.91 Å². The number of ether oxygens (including phenoxy) is 1. The van der Waals surface area contributed by atoms with Gasteiger partial charge >= 0.3 is 0 Å². The van der Waals surface area contributed by atoms with Crippen LogP contribution in [0.25, 0.3) is 0 Å². The lowest BCUT2D eigenvalue weighted by Crippen LogP contribution is -2.39. The molecule has 4 nitrogen and oxygen atoms in total. The molecule has 0 atom stereocenters. The minimum absolute atomic E-state index is 0.00743. The van der Waals surface area contributed by atoms with Gasteiger partial charge in [0, 0.05) is 18.0 Å². The van der Waals surface area contributed by atoms with Gasteiger partial charge in [-0.1, -0.05) is 11.6 Å². The average molecular weight is 240 g/mol. The zero-order chi connectivity index (χ0) is 11.5. The van der Waals surface area contributed by atoms with Gasteiger partial charge in [-0.3, -0.25) is 4.79 Å². The first-order valence-electron chi connectivity index (χ1n) is 4.88. The molecule has 1 heterocycles. The number of nitrogens with zero attached hydrogens (tertiary/aromatic N) is 1. The maximum atomic E-state index is 11.6. The van der Waals surface area contributed by atoms with Crippen molar-refractivity contribution in [1.29, 1.82) is 0 Å². The SMILES string of the molecule is O=CCCN1C(=O)COc2ccc(Cl)cc21. The number of carbonyl (C=O) groups is 2. The summed E-state index contributed by atoms with van der Waals surface area (Å²) in [6.07, 6.45) is 1.09. The number of benzene rings is 1. The van der Waals surface area contributed by atoms with E-state index in [9.17, 15) is 9.59 Å². The number of rotatable bonds is 3. The molecule has 1 aliphatic heterocycles. The summed E-state index contributed by atoms with van der Waals surface area (Å²) in [5, 5.41) is 0.535. The summed E-state index contributed by atoms with van der Waals surface area (Å²) >= 11 is 5.86. The lowest BCUT2D eigenvalue weighted by molar-refractivity contribution is -0.121. The van der Waals surface area contributed by atoms with E-state index in [0.29, 0.717) is 29.4 Å². The van der Waals surface area contributed by atoms with Crippen molar-refractivity contribution >= 4 is 29.5 Å². The topological polar surface area (TPSA) is 46.6 Å². The smallest absolute Gasteiger partial charge is 0.265 e. The van der Waals surface area contributed by atoms with Crippen LogP contribution in [0.2, 0.25) is 5.02 Å². The summed E-state index contributed by atoms with van der Waals surface area (Å²) in [6.45, 7) is 0.368. The molecule has 0 fully saturated rings. The number of anilines is 1. The fraction of sp³-hybridized carbons (Fsp3) is 0.273. The van der Waals surface area contributed by atoms with E-state index in [4.69, 9.17) is 16.3 Å². The van der Waals surface area contributed by atoms with Crippen molar-refractivity contribution in [1.82, 2.24) is 0 Å². The minimum atomic E-state index is -0.156. The van der Waals surface area contributed by atoms with Gasteiger partial charge in [0.1, 0.15) is 12.0 Å². The maximum absolute atomic E-state index is 11.6. The molecule has 0 saturated heterocycles. The molecule has 0 saturated carbocycles. The van der Waals surface area contributed by atoms with Crippen molar-refractivity contribution < 1.29 is 14.3 Å². The molecule has 1 amide bonds. The molecule has 1 aromatic rings. The molecule has 0 aromatic heterocycles. The highest BCUT2D eigenvalue weighted by atomic mass is 35.5. The molecule has 84 valence electrons. The number of hydrogen-bond donors (Lipinski definition) is 0. The van der Waals surface area contributed by atoms with Crippen molar-refractivity contribution in [2.45, 2.75) is 6.42 Å². The Morgan fingerprint density at radius 2 is 2.31 bits per heavy atom. The maximum Gasteiger partial charge on any atom is 0.265 e. The normalized spacial score (nSPS) is 14.3. The number of fused-ring (bicyclic) bond motifs is 1.